The van der Waals surface area contributed by atoms with E-state index >= 15 is 0 Å². The summed E-state index contributed by atoms with van der Waals surface area (Å²) in [6.07, 6.45) is 36.0. The van der Waals surface area contributed by atoms with Crippen LogP contribution >= 0.6 is 0 Å². The predicted octanol–water partition coefficient (Wildman–Crippen LogP) is 11.1. The highest BCUT2D eigenvalue weighted by Crippen LogP contribution is 2.46. The Hall–Kier alpha value is -2.68. The molecule has 0 fully saturated rings. The molecule has 2 atom stereocenters. The van der Waals surface area contributed by atoms with Gasteiger partial charge in [-0.2, -0.15) is 0 Å². The van der Waals surface area contributed by atoms with Crippen LogP contribution in [-0.2, 0) is 9.59 Å². The average molecular weight is 563 g/mol. The van der Waals surface area contributed by atoms with Gasteiger partial charge in [-0.15, -0.1) is 0 Å². The number of hydrogen-bond acceptors (Lipinski definition) is 2. The fraction of sp³-hybridized carbons (Fsp3) is 0.579. The zero-order valence-corrected chi connectivity index (χ0v) is 27.0. The fourth-order valence-corrected chi connectivity index (χ4v) is 5.74. The van der Waals surface area contributed by atoms with E-state index in [0.29, 0.717) is 0 Å². The molecule has 0 bridgehead atoms. The number of carbonyl (C=O) groups is 2. The van der Waals surface area contributed by atoms with Crippen molar-refractivity contribution in [3.63, 3.8) is 0 Å². The van der Waals surface area contributed by atoms with Crippen LogP contribution in [0.1, 0.15) is 125 Å². The maximum Gasteiger partial charge on any atom is 0.307 e. The monoisotopic (exact) mass is 562 g/mol. The van der Waals surface area contributed by atoms with Gasteiger partial charge in [0.25, 0.3) is 0 Å². The van der Waals surface area contributed by atoms with E-state index in [9.17, 15) is 14.7 Å². The first-order valence-electron chi connectivity index (χ1n) is 16.0. The van der Waals surface area contributed by atoms with Gasteiger partial charge in [0, 0.05) is 0 Å². The molecule has 0 spiro atoms. The Labute approximate surface area is 252 Å². The maximum atomic E-state index is 12.4. The number of aliphatic carboxylic acids is 1. The van der Waals surface area contributed by atoms with E-state index in [4.69, 9.17) is 0 Å². The Bertz CT molecular complexity index is 997. The number of unbranched alkanes of at least 4 members (excludes halogenated alkanes) is 7. The van der Waals surface area contributed by atoms with E-state index in [-0.39, 0.29) is 17.3 Å². The molecule has 0 aromatic carbocycles. The van der Waals surface area contributed by atoms with Gasteiger partial charge >= 0.3 is 5.97 Å². The zero-order valence-electron chi connectivity index (χ0n) is 27.0. The molecule has 0 aliphatic heterocycles. The summed E-state index contributed by atoms with van der Waals surface area (Å²) < 4.78 is 0. The van der Waals surface area contributed by atoms with Crippen LogP contribution in [0.4, 0.5) is 0 Å². The van der Waals surface area contributed by atoms with Crippen LogP contribution < -0.4 is 0 Å². The third kappa shape index (κ3) is 15.2. The molecule has 1 rings (SSSR count). The van der Waals surface area contributed by atoms with Gasteiger partial charge in [-0.1, -0.05) is 119 Å². The van der Waals surface area contributed by atoms with Gasteiger partial charge < -0.3 is 5.11 Å². The quantitative estimate of drug-likeness (QED) is 0.0528. The van der Waals surface area contributed by atoms with E-state index in [2.05, 4.69) is 71.1 Å². The number of aldehydes is 1. The van der Waals surface area contributed by atoms with Crippen LogP contribution in [0.5, 0.6) is 0 Å². The number of hydrogen-bond donors (Lipinski definition) is 1. The Balaban J connectivity index is 2.66. The van der Waals surface area contributed by atoms with E-state index in [1.54, 1.807) is 6.08 Å². The van der Waals surface area contributed by atoms with Gasteiger partial charge in [-0.25, -0.2) is 0 Å². The van der Waals surface area contributed by atoms with Gasteiger partial charge in [-0.3, -0.25) is 9.59 Å². The molecule has 0 saturated carbocycles. The molecular weight excluding hydrogens is 504 g/mol. The first kappa shape index (κ1) is 36.3. The second-order valence-corrected chi connectivity index (χ2v) is 12.4. The number of carboxylic acid groups (broad SMARTS) is 1. The normalized spacial score (nSPS) is 19.3. The number of carboxylic acids is 1. The molecular formula is C38H58O3. The molecule has 1 aliphatic rings. The minimum atomic E-state index is -0.650. The third-order valence-corrected chi connectivity index (χ3v) is 8.37. The molecule has 1 N–H and O–H groups in total. The fourth-order valence-electron chi connectivity index (χ4n) is 5.74. The number of allylic oxidation sites excluding steroid dienone is 14. The molecule has 0 saturated heterocycles. The van der Waals surface area contributed by atoms with Gasteiger partial charge in [0.1, 0.15) is 6.29 Å². The SMILES string of the molecule is CCCCC/C=C\C/C=C\CCCCCCC(C(=O)O)C1CCC(C)(C)C(/C=C/C(C)=C/C=C/C(C)=C/C=O)=C1C. The number of carbonyl (C=O) groups excluding carboxylic acids is 1. The van der Waals surface area contributed by atoms with Crippen LogP contribution in [-0.4, -0.2) is 17.4 Å². The minimum Gasteiger partial charge on any atom is -0.481 e. The first-order chi connectivity index (χ1) is 19.6. The molecule has 3 nitrogen and oxygen atoms in total. The summed E-state index contributed by atoms with van der Waals surface area (Å²) >= 11 is 0. The van der Waals surface area contributed by atoms with E-state index in [1.165, 1.54) is 43.3 Å². The molecule has 0 heterocycles. The Kier molecular flexibility index (Phi) is 18.7. The first-order valence-corrected chi connectivity index (χ1v) is 16.0. The molecule has 0 radical (unpaired) electrons. The Morgan fingerprint density at radius 1 is 0.927 bits per heavy atom. The highest BCUT2D eigenvalue weighted by molar-refractivity contribution is 5.71. The van der Waals surface area contributed by atoms with Crippen LogP contribution in [0.3, 0.4) is 0 Å². The van der Waals surface area contributed by atoms with Crippen LogP contribution in [0.15, 0.2) is 83.1 Å². The number of rotatable bonds is 20. The summed E-state index contributed by atoms with van der Waals surface area (Å²) in [7, 11) is 0. The Morgan fingerprint density at radius 2 is 1.56 bits per heavy atom. The molecule has 0 aromatic heterocycles. The van der Waals surface area contributed by atoms with Crippen molar-refractivity contribution in [1.29, 1.82) is 0 Å². The molecule has 228 valence electrons. The van der Waals surface area contributed by atoms with Crippen molar-refractivity contribution < 1.29 is 14.7 Å². The predicted molar refractivity (Wildman–Crippen MR) is 177 cm³/mol. The van der Waals surface area contributed by atoms with Crippen molar-refractivity contribution in [2.45, 2.75) is 125 Å². The lowest BCUT2D eigenvalue weighted by Crippen LogP contribution is -2.32. The van der Waals surface area contributed by atoms with Gasteiger partial charge in [-0.05, 0) is 101 Å². The van der Waals surface area contributed by atoms with Crippen LogP contribution in [0.25, 0.3) is 0 Å². The van der Waals surface area contributed by atoms with Crippen LogP contribution in [0.2, 0.25) is 0 Å². The highest BCUT2D eigenvalue weighted by Gasteiger charge is 2.37. The van der Waals surface area contributed by atoms with Crippen molar-refractivity contribution in [1.82, 2.24) is 0 Å². The summed E-state index contributed by atoms with van der Waals surface area (Å²) in [5, 5.41) is 10.2. The van der Waals surface area contributed by atoms with Gasteiger partial charge in [0.15, 0.2) is 0 Å². The van der Waals surface area contributed by atoms with Crippen LogP contribution in [0, 0.1) is 17.3 Å². The lowest BCUT2D eigenvalue weighted by Gasteiger charge is -2.39. The summed E-state index contributed by atoms with van der Waals surface area (Å²) in [6.45, 7) is 12.9. The van der Waals surface area contributed by atoms with E-state index in [0.717, 1.165) is 68.8 Å². The largest absolute Gasteiger partial charge is 0.481 e. The molecule has 3 heteroatoms. The van der Waals surface area contributed by atoms with Crippen molar-refractivity contribution in [3.05, 3.63) is 83.1 Å². The maximum absolute atomic E-state index is 12.4. The standard InChI is InChI=1S/C38H58O3/c1-7-8-9-10-11-12-13-14-15-16-17-18-19-20-24-35(37(40)41)34-27-29-38(5,6)36(33(34)4)26-25-31(2)22-21-23-32(3)28-30-39/h11-12,14-15,21-23,25-26,28,30,34-35H,7-10,13,16-20,24,27,29H2,1-6H3,(H,40,41)/b12-11-,15-14-,23-21+,26-25+,31-22+,32-28+. The smallest absolute Gasteiger partial charge is 0.307 e. The van der Waals surface area contributed by atoms with Crippen molar-refractivity contribution >= 4 is 12.3 Å². The van der Waals surface area contributed by atoms with Crippen molar-refractivity contribution in [2.75, 3.05) is 0 Å². The zero-order chi connectivity index (χ0) is 30.5. The summed E-state index contributed by atoms with van der Waals surface area (Å²) in [5.74, 6) is -0.868. The summed E-state index contributed by atoms with van der Waals surface area (Å²) in [6, 6.07) is 0. The van der Waals surface area contributed by atoms with Crippen molar-refractivity contribution in [2.24, 2.45) is 17.3 Å². The molecule has 41 heavy (non-hydrogen) atoms. The molecule has 1 aliphatic carbocycles. The van der Waals surface area contributed by atoms with Gasteiger partial charge in [0.05, 0.1) is 5.92 Å². The summed E-state index contributed by atoms with van der Waals surface area (Å²) in [5.41, 5.74) is 4.56. The van der Waals surface area contributed by atoms with Gasteiger partial charge in [0.2, 0.25) is 0 Å². The lowest BCUT2D eigenvalue weighted by molar-refractivity contribution is -0.143. The third-order valence-electron chi connectivity index (χ3n) is 8.37. The lowest BCUT2D eigenvalue weighted by atomic mass is 9.65. The van der Waals surface area contributed by atoms with Crippen molar-refractivity contribution in [3.8, 4) is 0 Å². The highest BCUT2D eigenvalue weighted by atomic mass is 16.4. The van der Waals surface area contributed by atoms with E-state index in [1.807, 2.05) is 25.2 Å². The minimum absolute atomic E-state index is 0.0257. The summed E-state index contributed by atoms with van der Waals surface area (Å²) in [4.78, 5) is 23.0. The second-order valence-electron chi connectivity index (χ2n) is 12.4. The second kappa shape index (κ2) is 21.1. The topological polar surface area (TPSA) is 54.4 Å². The Morgan fingerprint density at radius 3 is 2.20 bits per heavy atom. The molecule has 0 aromatic rings. The van der Waals surface area contributed by atoms with E-state index < -0.39 is 5.97 Å². The molecule has 2 unspecified atom stereocenters. The molecule has 0 amide bonds. The average Bonchev–Trinajstić information content (AvgIpc) is 2.91.